The van der Waals surface area contributed by atoms with Crippen molar-refractivity contribution in [3.63, 3.8) is 0 Å². The predicted octanol–water partition coefficient (Wildman–Crippen LogP) is 6.01. The Morgan fingerprint density at radius 2 is 1.42 bits per heavy atom. The Balaban J connectivity index is 1.44. The van der Waals surface area contributed by atoms with Crippen molar-refractivity contribution in [3.05, 3.63) is 108 Å². The van der Waals surface area contributed by atoms with Gasteiger partial charge in [-0.15, -0.1) is 0 Å². The number of hydrogen-bond acceptors (Lipinski definition) is 10. The molecular weight excluding hydrogens is 575 g/mol. The maximum Gasteiger partial charge on any atom is 0.229 e. The number of anilines is 3. The Labute approximate surface area is 259 Å². The average Bonchev–Trinajstić information content (AvgIpc) is 3.42. The van der Waals surface area contributed by atoms with E-state index in [9.17, 15) is 4.39 Å². The van der Waals surface area contributed by atoms with Gasteiger partial charge in [-0.2, -0.15) is 9.97 Å². The van der Waals surface area contributed by atoms with Crippen LogP contribution in [0.3, 0.4) is 0 Å². The highest BCUT2D eigenvalue weighted by Crippen LogP contribution is 2.31. The highest BCUT2D eigenvalue weighted by molar-refractivity contribution is 5.76. The van der Waals surface area contributed by atoms with E-state index < -0.39 is 5.82 Å². The van der Waals surface area contributed by atoms with Gasteiger partial charge in [-0.1, -0.05) is 24.3 Å². The molecule has 0 saturated heterocycles. The largest absolute Gasteiger partial charge is 0.497 e. The molecule has 0 spiro atoms. The minimum absolute atomic E-state index is 0.328. The molecule has 6 aromatic rings. The fourth-order valence-electron chi connectivity index (χ4n) is 4.85. The van der Waals surface area contributed by atoms with Crippen molar-refractivity contribution in [1.29, 1.82) is 0 Å². The predicted molar refractivity (Wildman–Crippen MR) is 169 cm³/mol. The summed E-state index contributed by atoms with van der Waals surface area (Å²) in [5, 5.41) is 3.29. The normalized spacial score (nSPS) is 11.0. The van der Waals surface area contributed by atoms with Crippen molar-refractivity contribution < 1.29 is 18.6 Å². The molecule has 1 N–H and O–H groups in total. The molecule has 0 radical (unpaired) electrons. The van der Waals surface area contributed by atoms with Crippen LogP contribution >= 0.6 is 0 Å². The summed E-state index contributed by atoms with van der Waals surface area (Å²) in [6, 6.07) is 22.2. The highest BCUT2D eigenvalue weighted by Gasteiger charge is 2.22. The Hall–Kier alpha value is -5.78. The van der Waals surface area contributed by atoms with Crippen LogP contribution in [0.1, 0.15) is 17.0 Å². The van der Waals surface area contributed by atoms with E-state index >= 15 is 0 Å². The number of imidazole rings is 1. The van der Waals surface area contributed by atoms with Gasteiger partial charge < -0.3 is 24.4 Å². The van der Waals surface area contributed by atoms with Gasteiger partial charge in [-0.05, 0) is 60.5 Å². The third-order valence-corrected chi connectivity index (χ3v) is 7.09. The van der Waals surface area contributed by atoms with E-state index in [1.807, 2.05) is 54.6 Å². The number of nitrogens with one attached hydrogen (secondary N) is 1. The van der Waals surface area contributed by atoms with Crippen LogP contribution in [-0.4, -0.2) is 50.6 Å². The Morgan fingerprint density at radius 3 is 2.00 bits per heavy atom. The van der Waals surface area contributed by atoms with Gasteiger partial charge in [-0.3, -0.25) is 4.40 Å². The van der Waals surface area contributed by atoms with Gasteiger partial charge in [0.25, 0.3) is 0 Å². The first-order valence-electron chi connectivity index (χ1n) is 14.1. The van der Waals surface area contributed by atoms with E-state index in [4.69, 9.17) is 29.2 Å². The molecule has 45 heavy (non-hydrogen) atoms. The van der Waals surface area contributed by atoms with E-state index in [-0.39, 0.29) is 0 Å². The van der Waals surface area contributed by atoms with Crippen molar-refractivity contribution in [2.24, 2.45) is 0 Å². The third kappa shape index (κ3) is 6.59. The second-order valence-electron chi connectivity index (χ2n) is 10.2. The molecule has 12 heteroatoms. The number of aryl methyl sites for hydroxylation is 1. The maximum absolute atomic E-state index is 14.6. The summed E-state index contributed by atoms with van der Waals surface area (Å²) in [6.45, 7) is 2.81. The molecule has 0 unspecified atom stereocenters. The molecule has 0 aliphatic carbocycles. The van der Waals surface area contributed by atoms with E-state index in [0.29, 0.717) is 59.4 Å². The Bertz CT molecular complexity index is 1860. The first kappa shape index (κ1) is 29.3. The summed E-state index contributed by atoms with van der Waals surface area (Å²) in [5.74, 6) is 3.29. The Morgan fingerprint density at radius 1 is 0.756 bits per heavy atom. The second-order valence-corrected chi connectivity index (χ2v) is 10.2. The second kappa shape index (κ2) is 12.8. The molecule has 6 rings (SSSR count). The molecule has 0 amide bonds. The number of fused-ring (bicyclic) bond motifs is 1. The highest BCUT2D eigenvalue weighted by atomic mass is 19.1. The van der Waals surface area contributed by atoms with Crippen LogP contribution in [0.25, 0.3) is 17.2 Å². The quantitative estimate of drug-likeness (QED) is 0.188. The minimum atomic E-state index is -0.426. The third-order valence-electron chi connectivity index (χ3n) is 7.09. The van der Waals surface area contributed by atoms with Gasteiger partial charge >= 0.3 is 0 Å². The molecule has 0 aliphatic heterocycles. The molecule has 0 saturated carbocycles. The monoisotopic (exact) mass is 606 g/mol. The number of aromatic nitrogens is 6. The van der Waals surface area contributed by atoms with Crippen molar-refractivity contribution in [1.82, 2.24) is 29.3 Å². The summed E-state index contributed by atoms with van der Waals surface area (Å²) >= 11 is 0. The van der Waals surface area contributed by atoms with E-state index in [2.05, 4.69) is 20.2 Å². The lowest BCUT2D eigenvalue weighted by atomic mass is 10.1. The van der Waals surface area contributed by atoms with Crippen LogP contribution in [-0.2, 0) is 13.1 Å². The number of nitrogens with zero attached hydrogens (tertiary/aromatic N) is 7. The van der Waals surface area contributed by atoms with Crippen LogP contribution in [0.5, 0.6) is 17.4 Å². The van der Waals surface area contributed by atoms with Crippen molar-refractivity contribution in [3.8, 4) is 28.9 Å². The van der Waals surface area contributed by atoms with Crippen molar-refractivity contribution >= 4 is 23.1 Å². The van der Waals surface area contributed by atoms with Gasteiger partial charge in [0.2, 0.25) is 11.8 Å². The summed E-state index contributed by atoms with van der Waals surface area (Å²) in [7, 11) is 4.83. The fraction of sp³-hybridized carbons (Fsp3) is 0.182. The van der Waals surface area contributed by atoms with Gasteiger partial charge in [0.15, 0.2) is 11.6 Å². The first-order valence-corrected chi connectivity index (χ1v) is 14.1. The average molecular weight is 607 g/mol. The summed E-state index contributed by atoms with van der Waals surface area (Å²) in [5.41, 5.74) is 3.72. The van der Waals surface area contributed by atoms with E-state index in [1.165, 1.54) is 12.3 Å². The maximum atomic E-state index is 14.6. The van der Waals surface area contributed by atoms with Crippen LogP contribution in [0, 0.1) is 12.7 Å². The standard InChI is InChI=1S/C33H31FN8O3/c1-21-36-31(30-32(38-25-10-16-29(45-4)35-17-25)39-28-15-9-24(34)20-42(28)30)40-33(37-21)41(18-22-5-11-26(43-2)12-6-22)19-23-7-13-27(44-3)14-8-23/h5-17,20,38H,18-19H2,1-4H3. The molecule has 0 aliphatic rings. The van der Waals surface area contributed by atoms with Gasteiger partial charge in [-0.25, -0.2) is 19.3 Å². The van der Waals surface area contributed by atoms with Crippen LogP contribution < -0.4 is 24.4 Å². The Kier molecular flexibility index (Phi) is 8.36. The zero-order valence-electron chi connectivity index (χ0n) is 25.2. The number of hydrogen-bond donors (Lipinski definition) is 1. The zero-order valence-corrected chi connectivity index (χ0v) is 25.2. The number of rotatable bonds is 11. The molecule has 4 heterocycles. The number of pyridine rings is 2. The molecular formula is C33H31FN8O3. The van der Waals surface area contributed by atoms with Crippen molar-refractivity contribution in [2.45, 2.75) is 20.0 Å². The molecule has 0 atom stereocenters. The lowest BCUT2D eigenvalue weighted by Crippen LogP contribution is -2.25. The van der Waals surface area contributed by atoms with Crippen LogP contribution in [0.4, 0.5) is 21.8 Å². The van der Waals surface area contributed by atoms with Gasteiger partial charge in [0.05, 0.1) is 33.2 Å². The van der Waals surface area contributed by atoms with Gasteiger partial charge in [0, 0.05) is 25.4 Å². The summed E-state index contributed by atoms with van der Waals surface area (Å²) in [4.78, 5) is 25.4. The number of methoxy groups -OCH3 is 3. The molecule has 2 aromatic carbocycles. The zero-order chi connectivity index (χ0) is 31.3. The van der Waals surface area contributed by atoms with E-state index in [0.717, 1.165) is 22.6 Å². The van der Waals surface area contributed by atoms with E-state index in [1.54, 1.807) is 51.0 Å². The lowest BCUT2D eigenvalue weighted by Gasteiger charge is -2.24. The SMILES string of the molecule is COc1ccc(CN(Cc2ccc(OC)cc2)c2nc(C)nc(-c3c(Nc4ccc(OC)nc4)nc4ccc(F)cn34)n2)cc1. The van der Waals surface area contributed by atoms with Crippen molar-refractivity contribution in [2.75, 3.05) is 31.5 Å². The fourth-order valence-corrected chi connectivity index (χ4v) is 4.85. The topological polar surface area (TPSA) is 112 Å². The minimum Gasteiger partial charge on any atom is -0.497 e. The number of benzene rings is 2. The molecule has 11 nitrogen and oxygen atoms in total. The smallest absolute Gasteiger partial charge is 0.229 e. The molecule has 4 aromatic heterocycles. The molecule has 228 valence electrons. The first-order chi connectivity index (χ1) is 21.9. The molecule has 0 bridgehead atoms. The summed E-state index contributed by atoms with van der Waals surface area (Å²) < 4.78 is 32.1. The van der Waals surface area contributed by atoms with Crippen LogP contribution in [0.15, 0.2) is 85.2 Å². The number of halogens is 1. The van der Waals surface area contributed by atoms with Gasteiger partial charge in [0.1, 0.15) is 34.5 Å². The van der Waals surface area contributed by atoms with Crippen LogP contribution in [0.2, 0.25) is 0 Å². The molecule has 0 fully saturated rings. The summed E-state index contributed by atoms with van der Waals surface area (Å²) in [6.07, 6.45) is 2.99. The number of ether oxygens (including phenoxy) is 3. The lowest BCUT2D eigenvalue weighted by molar-refractivity contribution is 0.398.